The van der Waals surface area contributed by atoms with E-state index in [1.54, 1.807) is 0 Å². The molecule has 26 heavy (non-hydrogen) atoms. The minimum atomic E-state index is -3.06. The minimum absolute atomic E-state index is 0.0879. The van der Waals surface area contributed by atoms with Crippen molar-refractivity contribution in [3.63, 3.8) is 0 Å². The van der Waals surface area contributed by atoms with Crippen LogP contribution in [0.4, 0.5) is 5.69 Å². The van der Waals surface area contributed by atoms with E-state index in [1.165, 1.54) is 11.8 Å². The van der Waals surface area contributed by atoms with Crippen molar-refractivity contribution in [2.24, 2.45) is 10.9 Å². The summed E-state index contributed by atoms with van der Waals surface area (Å²) in [6.07, 6.45) is 0.727. The second-order valence-electron chi connectivity index (χ2n) is 6.64. The van der Waals surface area contributed by atoms with Gasteiger partial charge in [0.2, 0.25) is 0 Å². The Morgan fingerprint density at radius 2 is 2.00 bits per heavy atom. The molecule has 0 unspecified atom stereocenters. The smallest absolute Gasteiger partial charge is 0.250 e. The van der Waals surface area contributed by atoms with Gasteiger partial charge in [-0.25, -0.2) is 8.42 Å². The van der Waals surface area contributed by atoms with Gasteiger partial charge in [0.05, 0.1) is 24.2 Å². The van der Waals surface area contributed by atoms with Gasteiger partial charge in [0, 0.05) is 16.9 Å². The number of rotatable bonds is 5. The normalized spacial score (nSPS) is 26.7. The summed E-state index contributed by atoms with van der Waals surface area (Å²) in [5, 5.41) is 0.513. The molecule has 2 heterocycles. The molecule has 6 nitrogen and oxygen atoms in total. The van der Waals surface area contributed by atoms with Gasteiger partial charge in [0.15, 0.2) is 15.0 Å². The lowest BCUT2D eigenvalue weighted by atomic mass is 10.1. The molecule has 1 amide bonds. The highest BCUT2D eigenvalue weighted by molar-refractivity contribution is 8.16. The molecule has 3 rings (SSSR count). The molecular formula is C18H24N2O4S2. The van der Waals surface area contributed by atoms with E-state index in [0.717, 1.165) is 17.9 Å². The number of hydrogen-bond donors (Lipinski definition) is 0. The molecule has 8 heteroatoms. The molecule has 0 aromatic heterocycles. The van der Waals surface area contributed by atoms with E-state index in [9.17, 15) is 13.2 Å². The van der Waals surface area contributed by atoms with Crippen LogP contribution >= 0.6 is 11.8 Å². The maximum absolute atomic E-state index is 12.3. The van der Waals surface area contributed by atoms with Crippen molar-refractivity contribution >= 4 is 38.4 Å². The predicted octanol–water partition coefficient (Wildman–Crippen LogP) is 2.73. The monoisotopic (exact) mass is 396 g/mol. The van der Waals surface area contributed by atoms with Crippen LogP contribution in [0.5, 0.6) is 5.75 Å². The molecule has 0 saturated carbocycles. The molecular weight excluding hydrogens is 372 g/mol. The zero-order valence-corrected chi connectivity index (χ0v) is 16.8. The highest BCUT2D eigenvalue weighted by atomic mass is 32.2. The average Bonchev–Trinajstić information content (AvgIpc) is 3.06. The quantitative estimate of drug-likeness (QED) is 0.762. The third kappa shape index (κ3) is 3.91. The zero-order chi connectivity index (χ0) is 18.9. The van der Waals surface area contributed by atoms with Gasteiger partial charge in [-0.2, -0.15) is 4.99 Å². The van der Waals surface area contributed by atoms with Crippen LogP contribution in [0.3, 0.4) is 0 Å². The Labute approximate surface area is 158 Å². The zero-order valence-electron chi connectivity index (χ0n) is 15.2. The van der Waals surface area contributed by atoms with Crippen LogP contribution in [0.25, 0.3) is 0 Å². The lowest BCUT2D eigenvalue weighted by Gasteiger charge is -2.24. The van der Waals surface area contributed by atoms with Gasteiger partial charge >= 0.3 is 0 Å². The standard InChI is InChI=1S/C18H24N2O4S2/c1-4-12(3)17(21)19-18-20(13-6-8-14(9-7-13)24-5-2)15-10-26(22,23)11-16(15)25-18/h6-9,12,15-16H,4-5,10-11H2,1-3H3/t12-,15-,16-/m1/s1. The number of sulfone groups is 1. The molecule has 2 aliphatic rings. The number of nitrogens with zero attached hydrogens (tertiary/aromatic N) is 2. The molecule has 2 fully saturated rings. The Kier molecular flexibility index (Phi) is 5.62. The Hall–Kier alpha value is -1.54. The third-order valence-electron chi connectivity index (χ3n) is 4.73. The summed E-state index contributed by atoms with van der Waals surface area (Å²) in [7, 11) is -3.06. The molecule has 2 aliphatic heterocycles. The van der Waals surface area contributed by atoms with E-state index in [2.05, 4.69) is 4.99 Å². The first-order chi connectivity index (χ1) is 12.3. The molecule has 2 saturated heterocycles. The third-order valence-corrected chi connectivity index (χ3v) is 7.94. The first-order valence-electron chi connectivity index (χ1n) is 8.86. The summed E-state index contributed by atoms with van der Waals surface area (Å²) in [5.41, 5.74) is 0.834. The van der Waals surface area contributed by atoms with Crippen LogP contribution in [0.2, 0.25) is 0 Å². The topological polar surface area (TPSA) is 76.0 Å². The first-order valence-corrected chi connectivity index (χ1v) is 11.6. The van der Waals surface area contributed by atoms with Crippen LogP contribution < -0.4 is 9.64 Å². The van der Waals surface area contributed by atoms with E-state index in [-0.39, 0.29) is 34.6 Å². The van der Waals surface area contributed by atoms with Gasteiger partial charge < -0.3 is 9.64 Å². The summed E-state index contributed by atoms with van der Waals surface area (Å²) in [5.74, 6) is 0.678. The van der Waals surface area contributed by atoms with Gasteiger partial charge in [-0.15, -0.1) is 0 Å². The molecule has 0 spiro atoms. The first kappa shape index (κ1) is 19.2. The van der Waals surface area contributed by atoms with E-state index in [0.29, 0.717) is 11.8 Å². The number of amidine groups is 1. The van der Waals surface area contributed by atoms with Crippen LogP contribution in [-0.4, -0.2) is 48.9 Å². The molecule has 142 valence electrons. The van der Waals surface area contributed by atoms with Gasteiger partial charge in [-0.3, -0.25) is 4.79 Å². The molecule has 0 bridgehead atoms. The summed E-state index contributed by atoms with van der Waals surface area (Å²) in [6.45, 7) is 6.32. The fourth-order valence-electron chi connectivity index (χ4n) is 3.12. The number of ether oxygens (including phenoxy) is 1. The molecule has 0 radical (unpaired) electrons. The van der Waals surface area contributed by atoms with E-state index in [1.807, 2.05) is 49.9 Å². The van der Waals surface area contributed by atoms with Crippen molar-refractivity contribution in [1.29, 1.82) is 0 Å². The van der Waals surface area contributed by atoms with Gasteiger partial charge in [-0.1, -0.05) is 25.6 Å². The number of aliphatic imine (C=N–C) groups is 1. The SMILES string of the molecule is CCOc1ccc(N2C(=NC(=O)[C@H](C)CC)S[C@@H]3CS(=O)(=O)C[C@H]32)cc1. The van der Waals surface area contributed by atoms with Crippen molar-refractivity contribution in [3.8, 4) is 5.75 Å². The number of amides is 1. The summed E-state index contributed by atoms with van der Waals surface area (Å²) < 4.78 is 29.6. The summed E-state index contributed by atoms with van der Waals surface area (Å²) >= 11 is 1.40. The van der Waals surface area contributed by atoms with Gasteiger partial charge in [0.1, 0.15) is 5.75 Å². The van der Waals surface area contributed by atoms with Crippen LogP contribution in [0.1, 0.15) is 27.2 Å². The Balaban J connectivity index is 1.94. The number of carbonyl (C=O) groups excluding carboxylic acids is 1. The second-order valence-corrected chi connectivity index (χ2v) is 10.00. The van der Waals surface area contributed by atoms with Crippen LogP contribution in [0.15, 0.2) is 29.3 Å². The number of hydrogen-bond acceptors (Lipinski definition) is 5. The highest BCUT2D eigenvalue weighted by Gasteiger charge is 2.49. The van der Waals surface area contributed by atoms with E-state index in [4.69, 9.17) is 4.74 Å². The second kappa shape index (κ2) is 7.60. The van der Waals surface area contributed by atoms with Gasteiger partial charge in [-0.05, 0) is 37.6 Å². The lowest BCUT2D eigenvalue weighted by molar-refractivity contribution is -0.121. The molecule has 0 N–H and O–H groups in total. The minimum Gasteiger partial charge on any atom is -0.494 e. The fourth-order valence-corrected chi connectivity index (χ4v) is 7.03. The van der Waals surface area contributed by atoms with Crippen LogP contribution in [-0.2, 0) is 14.6 Å². The fraction of sp³-hybridized carbons (Fsp3) is 0.556. The maximum Gasteiger partial charge on any atom is 0.250 e. The predicted molar refractivity (Wildman–Crippen MR) is 106 cm³/mol. The number of carbonyl (C=O) groups is 1. The Morgan fingerprint density at radius 1 is 1.31 bits per heavy atom. The van der Waals surface area contributed by atoms with E-state index >= 15 is 0 Å². The largest absolute Gasteiger partial charge is 0.494 e. The van der Waals surface area contributed by atoms with Gasteiger partial charge in [0.25, 0.3) is 5.91 Å². The number of anilines is 1. The van der Waals surface area contributed by atoms with E-state index < -0.39 is 9.84 Å². The molecule has 1 aromatic rings. The number of fused-ring (bicyclic) bond motifs is 1. The summed E-state index contributed by atoms with van der Waals surface area (Å²) in [6, 6.07) is 7.30. The number of thioether (sulfide) groups is 1. The van der Waals surface area contributed by atoms with Crippen molar-refractivity contribution < 1.29 is 17.9 Å². The molecule has 3 atom stereocenters. The van der Waals surface area contributed by atoms with Crippen LogP contribution in [0, 0.1) is 5.92 Å². The number of benzene rings is 1. The molecule has 1 aromatic carbocycles. The Morgan fingerprint density at radius 3 is 2.62 bits per heavy atom. The highest BCUT2D eigenvalue weighted by Crippen LogP contribution is 2.41. The lowest BCUT2D eigenvalue weighted by Crippen LogP contribution is -2.37. The summed E-state index contributed by atoms with van der Waals surface area (Å²) in [4.78, 5) is 18.6. The van der Waals surface area contributed by atoms with Crippen molar-refractivity contribution in [2.75, 3.05) is 23.0 Å². The van der Waals surface area contributed by atoms with Crippen molar-refractivity contribution in [3.05, 3.63) is 24.3 Å². The molecule has 0 aliphatic carbocycles. The van der Waals surface area contributed by atoms with Crippen molar-refractivity contribution in [1.82, 2.24) is 0 Å². The Bertz CT molecular complexity index is 805. The average molecular weight is 397 g/mol. The van der Waals surface area contributed by atoms with Crippen molar-refractivity contribution in [2.45, 2.75) is 38.5 Å². The maximum atomic E-state index is 12.3.